The maximum Gasteiger partial charge on any atom is 0.00168 e. The summed E-state index contributed by atoms with van der Waals surface area (Å²) in [5.74, 6) is 0. The van der Waals surface area contributed by atoms with Crippen LogP contribution in [0.4, 0.5) is 0 Å². The second-order valence-electron chi connectivity index (χ2n) is 4.52. The van der Waals surface area contributed by atoms with E-state index in [1.807, 2.05) is 0 Å². The van der Waals surface area contributed by atoms with Gasteiger partial charge >= 0.3 is 0 Å². The van der Waals surface area contributed by atoms with Crippen molar-refractivity contribution in [2.45, 2.75) is 82.1 Å². The highest BCUT2D eigenvalue weighted by Crippen LogP contribution is 2.18. The molecule has 0 radical (unpaired) electrons. The molecule has 15 heavy (non-hydrogen) atoms. The van der Waals surface area contributed by atoms with Crippen molar-refractivity contribution in [1.82, 2.24) is 0 Å². The van der Waals surface area contributed by atoms with Gasteiger partial charge in [-0.25, -0.2) is 0 Å². The Bertz CT molecular complexity index is 112. The van der Waals surface area contributed by atoms with Crippen LogP contribution in [0.15, 0.2) is 0 Å². The lowest BCUT2D eigenvalue weighted by atomic mass is 10.1. The molecule has 0 rings (SSSR count). The van der Waals surface area contributed by atoms with Crippen LogP contribution in [0.3, 0.4) is 0 Å². The highest BCUT2D eigenvalue weighted by atomic mass is 32.1. The molecule has 0 saturated heterocycles. The van der Waals surface area contributed by atoms with E-state index in [1.54, 1.807) is 0 Å². The molecule has 0 aliphatic heterocycles. The van der Waals surface area contributed by atoms with Crippen molar-refractivity contribution in [3.05, 3.63) is 0 Å². The predicted molar refractivity (Wildman–Crippen MR) is 78.4 cm³/mol. The molecule has 0 fully saturated rings. The van der Waals surface area contributed by atoms with Crippen LogP contribution in [0.1, 0.15) is 71.6 Å². The molecular formula is C13H28S2. The molecule has 0 N–H and O–H groups in total. The van der Waals surface area contributed by atoms with Crippen LogP contribution in [-0.4, -0.2) is 10.5 Å². The van der Waals surface area contributed by atoms with E-state index in [-0.39, 0.29) is 0 Å². The van der Waals surface area contributed by atoms with Crippen molar-refractivity contribution in [1.29, 1.82) is 0 Å². The molecule has 0 aromatic heterocycles. The van der Waals surface area contributed by atoms with E-state index >= 15 is 0 Å². The summed E-state index contributed by atoms with van der Waals surface area (Å²) in [4.78, 5) is 0. The lowest BCUT2D eigenvalue weighted by molar-refractivity contribution is 0.573. The number of rotatable bonds is 10. The van der Waals surface area contributed by atoms with Crippen LogP contribution in [0.2, 0.25) is 0 Å². The molecule has 0 spiro atoms. The Balaban J connectivity index is 3.27. The van der Waals surface area contributed by atoms with E-state index in [2.05, 4.69) is 39.1 Å². The summed E-state index contributed by atoms with van der Waals surface area (Å²) in [5.41, 5.74) is 0. The topological polar surface area (TPSA) is 0 Å². The van der Waals surface area contributed by atoms with Crippen molar-refractivity contribution >= 4 is 25.3 Å². The van der Waals surface area contributed by atoms with Crippen LogP contribution < -0.4 is 0 Å². The number of hydrogen-bond donors (Lipinski definition) is 2. The van der Waals surface area contributed by atoms with E-state index in [1.165, 1.54) is 57.8 Å². The Morgan fingerprint density at radius 3 is 1.33 bits per heavy atom. The molecule has 0 nitrogen and oxygen atoms in total. The van der Waals surface area contributed by atoms with Gasteiger partial charge in [0, 0.05) is 10.5 Å². The standard InChI is InChI=1S/C13H28S2/c1-3-5-8-12(14)10-7-11-13(15)9-6-4-2/h12-15H,3-11H2,1-2H3. The average molecular weight is 249 g/mol. The van der Waals surface area contributed by atoms with E-state index in [0.717, 1.165) is 0 Å². The zero-order valence-electron chi connectivity index (χ0n) is 10.4. The number of thiol groups is 2. The fraction of sp³-hybridized carbons (Fsp3) is 1.00. The minimum atomic E-state index is 0.622. The second-order valence-corrected chi connectivity index (χ2v) is 5.98. The molecule has 0 aromatic rings. The molecule has 0 saturated carbocycles. The fourth-order valence-corrected chi connectivity index (χ4v) is 2.49. The first-order valence-corrected chi connectivity index (χ1v) is 7.60. The van der Waals surface area contributed by atoms with Crippen LogP contribution in [0.25, 0.3) is 0 Å². The van der Waals surface area contributed by atoms with Gasteiger partial charge in [-0.1, -0.05) is 46.0 Å². The van der Waals surface area contributed by atoms with Crippen molar-refractivity contribution in [2.75, 3.05) is 0 Å². The van der Waals surface area contributed by atoms with Gasteiger partial charge in [0.15, 0.2) is 0 Å². The minimum Gasteiger partial charge on any atom is -0.176 e. The lowest BCUT2D eigenvalue weighted by Crippen LogP contribution is -2.03. The average Bonchev–Trinajstić information content (AvgIpc) is 2.23. The highest BCUT2D eigenvalue weighted by molar-refractivity contribution is 7.81. The molecular weight excluding hydrogens is 220 g/mol. The third-order valence-corrected chi connectivity index (χ3v) is 3.89. The Morgan fingerprint density at radius 1 is 0.667 bits per heavy atom. The summed E-state index contributed by atoms with van der Waals surface area (Å²) in [6, 6.07) is 0. The van der Waals surface area contributed by atoms with Gasteiger partial charge in [-0.05, 0) is 25.7 Å². The Labute approximate surface area is 107 Å². The molecule has 2 unspecified atom stereocenters. The first kappa shape index (κ1) is 15.7. The summed E-state index contributed by atoms with van der Waals surface area (Å²) in [5, 5.41) is 1.24. The Kier molecular flexibility index (Phi) is 11.7. The smallest absolute Gasteiger partial charge is 0.00168 e. The predicted octanol–water partition coefficient (Wildman–Crippen LogP) is 5.13. The van der Waals surface area contributed by atoms with Gasteiger partial charge < -0.3 is 0 Å². The first-order chi connectivity index (χ1) is 7.20. The molecule has 0 heterocycles. The Hall–Kier alpha value is 0.700. The third-order valence-electron chi connectivity index (χ3n) is 2.86. The normalized spacial score (nSPS) is 15.2. The molecule has 0 aliphatic carbocycles. The van der Waals surface area contributed by atoms with Gasteiger partial charge in [-0.15, -0.1) is 0 Å². The molecule has 0 aliphatic rings. The summed E-state index contributed by atoms with van der Waals surface area (Å²) >= 11 is 9.22. The van der Waals surface area contributed by atoms with Crippen molar-refractivity contribution in [2.24, 2.45) is 0 Å². The highest BCUT2D eigenvalue weighted by Gasteiger charge is 2.05. The van der Waals surface area contributed by atoms with Crippen LogP contribution in [-0.2, 0) is 0 Å². The minimum absolute atomic E-state index is 0.622. The zero-order chi connectivity index (χ0) is 11.5. The van der Waals surface area contributed by atoms with Crippen molar-refractivity contribution in [3.63, 3.8) is 0 Å². The van der Waals surface area contributed by atoms with Gasteiger partial charge in [0.2, 0.25) is 0 Å². The van der Waals surface area contributed by atoms with Gasteiger partial charge in [-0.3, -0.25) is 0 Å². The largest absolute Gasteiger partial charge is 0.176 e. The zero-order valence-corrected chi connectivity index (χ0v) is 12.2. The molecule has 2 heteroatoms. The third kappa shape index (κ3) is 11.0. The summed E-state index contributed by atoms with van der Waals surface area (Å²) in [6.07, 6.45) is 11.7. The molecule has 92 valence electrons. The molecule has 0 amide bonds. The maximum atomic E-state index is 4.61. The SMILES string of the molecule is CCCCC(S)CCCC(S)CCCC. The maximum absolute atomic E-state index is 4.61. The van der Waals surface area contributed by atoms with Gasteiger partial charge in [0.1, 0.15) is 0 Å². The monoisotopic (exact) mass is 248 g/mol. The lowest BCUT2D eigenvalue weighted by Gasteiger charge is -2.12. The summed E-state index contributed by atoms with van der Waals surface area (Å²) in [7, 11) is 0. The van der Waals surface area contributed by atoms with Gasteiger partial charge in [-0.2, -0.15) is 25.3 Å². The summed E-state index contributed by atoms with van der Waals surface area (Å²) < 4.78 is 0. The van der Waals surface area contributed by atoms with Crippen LogP contribution in [0.5, 0.6) is 0 Å². The van der Waals surface area contributed by atoms with Crippen molar-refractivity contribution < 1.29 is 0 Å². The van der Waals surface area contributed by atoms with Gasteiger partial charge in [0.25, 0.3) is 0 Å². The number of hydrogen-bond acceptors (Lipinski definition) is 2. The quantitative estimate of drug-likeness (QED) is 0.492. The Morgan fingerprint density at radius 2 is 1.00 bits per heavy atom. The van der Waals surface area contributed by atoms with E-state index in [4.69, 9.17) is 0 Å². The summed E-state index contributed by atoms with van der Waals surface area (Å²) in [6.45, 7) is 4.49. The van der Waals surface area contributed by atoms with E-state index < -0.39 is 0 Å². The molecule has 0 aromatic carbocycles. The molecule has 0 bridgehead atoms. The number of unbranched alkanes of at least 4 members (excludes halogenated alkanes) is 2. The van der Waals surface area contributed by atoms with Gasteiger partial charge in [0.05, 0.1) is 0 Å². The molecule has 2 atom stereocenters. The second kappa shape index (κ2) is 11.2. The first-order valence-electron chi connectivity index (χ1n) is 6.56. The fourth-order valence-electron chi connectivity index (χ4n) is 1.76. The van der Waals surface area contributed by atoms with E-state index in [9.17, 15) is 0 Å². The van der Waals surface area contributed by atoms with Crippen molar-refractivity contribution in [3.8, 4) is 0 Å². The van der Waals surface area contributed by atoms with Crippen LogP contribution in [0, 0.1) is 0 Å². The van der Waals surface area contributed by atoms with Crippen LogP contribution >= 0.6 is 25.3 Å². The van der Waals surface area contributed by atoms with E-state index in [0.29, 0.717) is 10.5 Å².